The molecule has 0 atom stereocenters. The smallest absolute Gasteiger partial charge is 0.398 e. The molecule has 0 unspecified atom stereocenters. The van der Waals surface area contributed by atoms with E-state index in [4.69, 9.17) is 5.73 Å². The third-order valence-corrected chi connectivity index (χ3v) is 4.04. The number of anilines is 1. The molecule has 0 aromatic heterocycles. The van der Waals surface area contributed by atoms with Crippen LogP contribution in [0.3, 0.4) is 0 Å². The van der Waals surface area contributed by atoms with Crippen LogP contribution in [0, 0.1) is 0 Å². The highest BCUT2D eigenvalue weighted by atomic mass is 19.4. The van der Waals surface area contributed by atoms with Crippen molar-refractivity contribution in [1.29, 1.82) is 0 Å². The van der Waals surface area contributed by atoms with Crippen LogP contribution in [0.2, 0.25) is 0 Å². The van der Waals surface area contributed by atoms with Crippen LogP contribution >= 0.6 is 0 Å². The van der Waals surface area contributed by atoms with E-state index in [1.54, 1.807) is 6.07 Å². The number of hydrogen-bond acceptors (Lipinski definition) is 2. The van der Waals surface area contributed by atoms with Crippen molar-refractivity contribution in [2.24, 2.45) is 0 Å². The topological polar surface area (TPSA) is 29.3 Å². The SMILES string of the molecule is Nc1ccc(CN2CCc3ccccc3C2)cc1C(F)(F)F. The minimum Gasteiger partial charge on any atom is -0.398 e. The average Bonchev–Trinajstić information content (AvgIpc) is 2.48. The van der Waals surface area contributed by atoms with Crippen molar-refractivity contribution in [2.45, 2.75) is 25.7 Å². The van der Waals surface area contributed by atoms with Crippen molar-refractivity contribution in [3.05, 3.63) is 64.7 Å². The van der Waals surface area contributed by atoms with E-state index in [1.165, 1.54) is 17.2 Å². The van der Waals surface area contributed by atoms with Crippen molar-refractivity contribution in [2.75, 3.05) is 12.3 Å². The summed E-state index contributed by atoms with van der Waals surface area (Å²) in [5.41, 5.74) is 7.68. The highest BCUT2D eigenvalue weighted by Gasteiger charge is 2.33. The normalized spacial score (nSPS) is 15.6. The number of hydrogen-bond donors (Lipinski definition) is 1. The Morgan fingerprint density at radius 3 is 2.50 bits per heavy atom. The molecule has 1 aliphatic rings. The van der Waals surface area contributed by atoms with E-state index < -0.39 is 11.7 Å². The van der Waals surface area contributed by atoms with Gasteiger partial charge in [0.05, 0.1) is 5.56 Å². The van der Waals surface area contributed by atoms with E-state index in [2.05, 4.69) is 17.0 Å². The van der Waals surface area contributed by atoms with Crippen LogP contribution in [0.5, 0.6) is 0 Å². The van der Waals surface area contributed by atoms with E-state index in [1.807, 2.05) is 12.1 Å². The molecule has 0 bridgehead atoms. The van der Waals surface area contributed by atoms with Gasteiger partial charge in [-0.1, -0.05) is 30.3 Å². The van der Waals surface area contributed by atoms with E-state index in [0.29, 0.717) is 12.1 Å². The second kappa shape index (κ2) is 5.65. The molecule has 2 aromatic carbocycles. The highest BCUT2D eigenvalue weighted by molar-refractivity contribution is 5.50. The van der Waals surface area contributed by atoms with E-state index in [-0.39, 0.29) is 5.69 Å². The Balaban J connectivity index is 1.77. The number of fused-ring (bicyclic) bond motifs is 1. The maximum atomic E-state index is 12.9. The summed E-state index contributed by atoms with van der Waals surface area (Å²) in [6.45, 7) is 2.11. The molecular formula is C17H17F3N2. The molecule has 22 heavy (non-hydrogen) atoms. The number of nitrogens with zero attached hydrogens (tertiary/aromatic N) is 1. The molecule has 2 N–H and O–H groups in total. The summed E-state index contributed by atoms with van der Waals surface area (Å²) < 4.78 is 38.7. The lowest BCUT2D eigenvalue weighted by atomic mass is 9.99. The fraction of sp³-hybridized carbons (Fsp3) is 0.294. The Bertz CT molecular complexity index is 680. The molecule has 1 heterocycles. The molecule has 0 fully saturated rings. The van der Waals surface area contributed by atoms with E-state index >= 15 is 0 Å². The van der Waals surface area contributed by atoms with Crippen LogP contribution in [0.25, 0.3) is 0 Å². The van der Waals surface area contributed by atoms with Gasteiger partial charge in [0.15, 0.2) is 0 Å². The summed E-state index contributed by atoms with van der Waals surface area (Å²) >= 11 is 0. The zero-order valence-corrected chi connectivity index (χ0v) is 12.0. The Morgan fingerprint density at radius 1 is 1.05 bits per heavy atom. The first-order chi connectivity index (χ1) is 10.4. The molecule has 2 nitrogen and oxygen atoms in total. The Labute approximate surface area is 127 Å². The molecule has 0 saturated heterocycles. The number of rotatable bonds is 2. The lowest BCUT2D eigenvalue weighted by Crippen LogP contribution is -2.30. The number of nitrogens with two attached hydrogens (primary N) is 1. The molecule has 0 amide bonds. The van der Waals surface area contributed by atoms with Crippen LogP contribution in [-0.2, 0) is 25.7 Å². The lowest BCUT2D eigenvalue weighted by molar-refractivity contribution is -0.137. The monoisotopic (exact) mass is 306 g/mol. The van der Waals surface area contributed by atoms with E-state index in [9.17, 15) is 13.2 Å². The fourth-order valence-corrected chi connectivity index (χ4v) is 2.89. The summed E-state index contributed by atoms with van der Waals surface area (Å²) in [4.78, 5) is 2.16. The highest BCUT2D eigenvalue weighted by Crippen LogP contribution is 2.34. The van der Waals surface area contributed by atoms with Gasteiger partial charge in [-0.15, -0.1) is 0 Å². The van der Waals surface area contributed by atoms with Gasteiger partial charge in [-0.25, -0.2) is 0 Å². The van der Waals surface area contributed by atoms with Gasteiger partial charge in [0.2, 0.25) is 0 Å². The molecule has 2 aromatic rings. The second-order valence-electron chi connectivity index (χ2n) is 5.65. The minimum absolute atomic E-state index is 0.222. The van der Waals surface area contributed by atoms with Gasteiger partial charge in [0.25, 0.3) is 0 Å². The van der Waals surface area contributed by atoms with Crippen molar-refractivity contribution in [1.82, 2.24) is 4.90 Å². The van der Waals surface area contributed by atoms with Gasteiger partial charge in [0, 0.05) is 25.3 Å². The fourth-order valence-electron chi connectivity index (χ4n) is 2.89. The third kappa shape index (κ3) is 3.09. The van der Waals surface area contributed by atoms with Crippen LogP contribution in [0.4, 0.5) is 18.9 Å². The maximum Gasteiger partial charge on any atom is 0.418 e. The van der Waals surface area contributed by atoms with Crippen molar-refractivity contribution in [3.63, 3.8) is 0 Å². The summed E-state index contributed by atoms with van der Waals surface area (Å²) in [5, 5.41) is 0. The molecular weight excluding hydrogens is 289 g/mol. The maximum absolute atomic E-state index is 12.9. The summed E-state index contributed by atoms with van der Waals surface area (Å²) in [6.07, 6.45) is -3.48. The van der Waals surface area contributed by atoms with Gasteiger partial charge >= 0.3 is 6.18 Å². The minimum atomic E-state index is -4.41. The second-order valence-corrected chi connectivity index (χ2v) is 5.65. The Morgan fingerprint density at radius 2 is 1.77 bits per heavy atom. The molecule has 1 aliphatic heterocycles. The van der Waals surface area contributed by atoms with Crippen LogP contribution in [-0.4, -0.2) is 11.4 Å². The number of benzene rings is 2. The van der Waals surface area contributed by atoms with Gasteiger partial charge in [-0.3, -0.25) is 4.90 Å². The number of alkyl halides is 3. The average molecular weight is 306 g/mol. The third-order valence-electron chi connectivity index (χ3n) is 4.04. The molecule has 0 saturated carbocycles. The van der Waals surface area contributed by atoms with Crippen LogP contribution in [0.1, 0.15) is 22.3 Å². The van der Waals surface area contributed by atoms with E-state index in [0.717, 1.165) is 25.6 Å². The Kier molecular flexibility index (Phi) is 3.83. The van der Waals surface area contributed by atoms with Gasteiger partial charge in [-0.05, 0) is 35.2 Å². The predicted molar refractivity (Wildman–Crippen MR) is 80.1 cm³/mol. The van der Waals surface area contributed by atoms with Crippen molar-refractivity contribution in [3.8, 4) is 0 Å². The van der Waals surface area contributed by atoms with Crippen molar-refractivity contribution >= 4 is 5.69 Å². The standard InChI is InChI=1S/C17H17F3N2/c18-17(19,20)15-9-12(5-6-16(15)21)10-22-8-7-13-3-1-2-4-14(13)11-22/h1-6,9H,7-8,10-11,21H2. The summed E-state index contributed by atoms with van der Waals surface area (Å²) in [7, 11) is 0. The molecule has 116 valence electrons. The number of nitrogen functional groups attached to an aromatic ring is 1. The Hall–Kier alpha value is -2.01. The largest absolute Gasteiger partial charge is 0.418 e. The molecule has 3 rings (SSSR count). The first-order valence-electron chi connectivity index (χ1n) is 7.18. The summed E-state index contributed by atoms with van der Waals surface area (Å²) in [6, 6.07) is 12.4. The molecule has 0 aliphatic carbocycles. The van der Waals surface area contributed by atoms with Gasteiger partial charge < -0.3 is 5.73 Å². The molecule has 5 heteroatoms. The van der Waals surface area contributed by atoms with Crippen LogP contribution in [0.15, 0.2) is 42.5 Å². The zero-order valence-electron chi connectivity index (χ0n) is 12.0. The zero-order chi connectivity index (χ0) is 15.7. The lowest BCUT2D eigenvalue weighted by Gasteiger charge is -2.29. The summed E-state index contributed by atoms with van der Waals surface area (Å²) in [5.74, 6) is 0. The molecule has 0 radical (unpaired) electrons. The predicted octanol–water partition coefficient (Wildman–Crippen LogP) is 3.85. The van der Waals surface area contributed by atoms with Gasteiger partial charge in [0.1, 0.15) is 0 Å². The van der Waals surface area contributed by atoms with Crippen molar-refractivity contribution < 1.29 is 13.2 Å². The van der Waals surface area contributed by atoms with Crippen LogP contribution < -0.4 is 5.73 Å². The first kappa shape index (κ1) is 14.9. The van der Waals surface area contributed by atoms with Gasteiger partial charge in [-0.2, -0.15) is 13.2 Å². The molecule has 0 spiro atoms. The quantitative estimate of drug-likeness (QED) is 0.854. The first-order valence-corrected chi connectivity index (χ1v) is 7.18. The number of halogens is 3.